The molecule has 0 aliphatic carbocycles. The molecule has 5 nitrogen and oxygen atoms in total. The van der Waals surface area contributed by atoms with E-state index in [4.69, 9.17) is 0 Å². The molecule has 98 valence electrons. The van der Waals surface area contributed by atoms with Crippen molar-refractivity contribution < 1.29 is 0 Å². The standard InChI is InChI=1S/C13H21N5/c1-4-11(3)18-9-7-13(16-18)14-10-12-6-8-17(5-2)15-12/h6-9,11H,4-5,10H2,1-3H3,(H,14,16)/t11-/m1/s1. The minimum atomic E-state index is 0.444. The lowest BCUT2D eigenvalue weighted by Gasteiger charge is -2.08. The second kappa shape index (κ2) is 5.71. The molecule has 0 aliphatic rings. The van der Waals surface area contributed by atoms with Crippen molar-refractivity contribution in [2.24, 2.45) is 0 Å². The van der Waals surface area contributed by atoms with Crippen LogP contribution < -0.4 is 5.32 Å². The zero-order chi connectivity index (χ0) is 13.0. The SMILES string of the molecule is CC[C@@H](C)n1ccc(NCc2ccn(CC)n2)n1. The highest BCUT2D eigenvalue weighted by atomic mass is 15.3. The molecule has 2 rings (SSSR count). The molecule has 1 N–H and O–H groups in total. The van der Waals surface area contributed by atoms with Crippen LogP contribution in [0.15, 0.2) is 24.5 Å². The van der Waals surface area contributed by atoms with Gasteiger partial charge in [0.1, 0.15) is 5.82 Å². The Labute approximate surface area is 108 Å². The molecular weight excluding hydrogens is 226 g/mol. The van der Waals surface area contributed by atoms with Crippen molar-refractivity contribution in [2.45, 2.75) is 46.3 Å². The second-order valence-corrected chi connectivity index (χ2v) is 4.45. The third-order valence-corrected chi connectivity index (χ3v) is 3.12. The van der Waals surface area contributed by atoms with Gasteiger partial charge in [-0.15, -0.1) is 0 Å². The van der Waals surface area contributed by atoms with Gasteiger partial charge in [0.25, 0.3) is 0 Å². The van der Waals surface area contributed by atoms with Gasteiger partial charge >= 0.3 is 0 Å². The Hall–Kier alpha value is -1.78. The maximum Gasteiger partial charge on any atom is 0.148 e. The fourth-order valence-electron chi connectivity index (χ4n) is 1.72. The zero-order valence-corrected chi connectivity index (χ0v) is 11.3. The van der Waals surface area contributed by atoms with E-state index in [1.54, 1.807) is 0 Å². The number of nitrogens with zero attached hydrogens (tertiary/aromatic N) is 4. The van der Waals surface area contributed by atoms with Gasteiger partial charge in [-0.05, 0) is 26.3 Å². The van der Waals surface area contributed by atoms with Gasteiger partial charge in [0.05, 0.1) is 12.2 Å². The number of nitrogens with one attached hydrogen (secondary N) is 1. The Morgan fingerprint density at radius 1 is 1.22 bits per heavy atom. The summed E-state index contributed by atoms with van der Waals surface area (Å²) in [4.78, 5) is 0. The predicted molar refractivity (Wildman–Crippen MR) is 72.5 cm³/mol. The Kier molecular flexibility index (Phi) is 4.02. The van der Waals surface area contributed by atoms with Gasteiger partial charge in [0.15, 0.2) is 0 Å². The number of aromatic nitrogens is 4. The normalized spacial score (nSPS) is 12.6. The molecule has 0 saturated heterocycles. The van der Waals surface area contributed by atoms with Crippen LogP contribution >= 0.6 is 0 Å². The molecule has 1 atom stereocenters. The number of anilines is 1. The molecule has 2 aromatic rings. The highest BCUT2D eigenvalue weighted by Crippen LogP contribution is 2.12. The summed E-state index contributed by atoms with van der Waals surface area (Å²) in [6.45, 7) is 8.03. The van der Waals surface area contributed by atoms with E-state index >= 15 is 0 Å². The van der Waals surface area contributed by atoms with E-state index in [1.165, 1.54) is 0 Å². The van der Waals surface area contributed by atoms with Gasteiger partial charge in [-0.1, -0.05) is 6.92 Å². The number of aryl methyl sites for hydroxylation is 1. The highest BCUT2D eigenvalue weighted by molar-refractivity contribution is 5.32. The predicted octanol–water partition coefficient (Wildman–Crippen LogP) is 2.68. The molecule has 0 radical (unpaired) electrons. The first-order valence-electron chi connectivity index (χ1n) is 6.54. The largest absolute Gasteiger partial charge is 0.363 e. The highest BCUT2D eigenvalue weighted by Gasteiger charge is 2.04. The average Bonchev–Trinajstić information content (AvgIpc) is 3.04. The lowest BCUT2D eigenvalue weighted by Crippen LogP contribution is -2.06. The third-order valence-electron chi connectivity index (χ3n) is 3.12. The van der Waals surface area contributed by atoms with Crippen LogP contribution in [-0.4, -0.2) is 19.6 Å². The lowest BCUT2D eigenvalue weighted by atomic mass is 10.3. The topological polar surface area (TPSA) is 47.7 Å². The third kappa shape index (κ3) is 2.91. The van der Waals surface area contributed by atoms with Crippen molar-refractivity contribution in [2.75, 3.05) is 5.32 Å². The van der Waals surface area contributed by atoms with Crippen LogP contribution in [0.4, 0.5) is 5.82 Å². The molecule has 2 aromatic heterocycles. The van der Waals surface area contributed by atoms with Crippen molar-refractivity contribution in [3.05, 3.63) is 30.2 Å². The van der Waals surface area contributed by atoms with E-state index in [0.29, 0.717) is 12.6 Å². The van der Waals surface area contributed by atoms with E-state index in [0.717, 1.165) is 24.5 Å². The van der Waals surface area contributed by atoms with Gasteiger partial charge in [-0.3, -0.25) is 9.36 Å². The van der Waals surface area contributed by atoms with E-state index < -0.39 is 0 Å². The maximum absolute atomic E-state index is 4.49. The Morgan fingerprint density at radius 3 is 2.72 bits per heavy atom. The first-order valence-corrected chi connectivity index (χ1v) is 6.54. The van der Waals surface area contributed by atoms with Crippen LogP contribution in [0.3, 0.4) is 0 Å². The van der Waals surface area contributed by atoms with Crippen molar-refractivity contribution >= 4 is 5.82 Å². The summed E-state index contributed by atoms with van der Waals surface area (Å²) in [6, 6.07) is 4.48. The first kappa shape index (κ1) is 12.7. The van der Waals surface area contributed by atoms with E-state index in [9.17, 15) is 0 Å². The van der Waals surface area contributed by atoms with Crippen LogP contribution in [0.5, 0.6) is 0 Å². The van der Waals surface area contributed by atoms with Crippen molar-refractivity contribution in [3.63, 3.8) is 0 Å². The van der Waals surface area contributed by atoms with Crippen LogP contribution in [0.1, 0.15) is 38.9 Å². The Balaban J connectivity index is 1.91. The van der Waals surface area contributed by atoms with Crippen LogP contribution in [0.2, 0.25) is 0 Å². The van der Waals surface area contributed by atoms with Gasteiger partial charge in [-0.25, -0.2) is 0 Å². The number of rotatable bonds is 6. The summed E-state index contributed by atoms with van der Waals surface area (Å²) >= 11 is 0. The monoisotopic (exact) mass is 247 g/mol. The molecular formula is C13H21N5. The summed E-state index contributed by atoms with van der Waals surface area (Å²) in [5, 5.41) is 12.2. The second-order valence-electron chi connectivity index (χ2n) is 4.45. The Morgan fingerprint density at radius 2 is 2.06 bits per heavy atom. The first-order chi connectivity index (χ1) is 8.72. The molecule has 0 spiro atoms. The fraction of sp³-hybridized carbons (Fsp3) is 0.538. The molecule has 0 bridgehead atoms. The summed E-state index contributed by atoms with van der Waals surface area (Å²) < 4.78 is 3.92. The van der Waals surface area contributed by atoms with E-state index in [-0.39, 0.29) is 0 Å². The number of hydrogen-bond donors (Lipinski definition) is 1. The van der Waals surface area contributed by atoms with Gasteiger partial charge < -0.3 is 5.32 Å². The summed E-state index contributed by atoms with van der Waals surface area (Å²) in [5.41, 5.74) is 1.04. The molecule has 0 amide bonds. The van der Waals surface area contributed by atoms with E-state index in [2.05, 4.69) is 36.3 Å². The molecule has 2 heterocycles. The molecule has 18 heavy (non-hydrogen) atoms. The van der Waals surface area contributed by atoms with Crippen LogP contribution in [-0.2, 0) is 13.1 Å². The number of hydrogen-bond acceptors (Lipinski definition) is 3. The van der Waals surface area contributed by atoms with Gasteiger partial charge in [0, 0.05) is 31.0 Å². The summed E-state index contributed by atoms with van der Waals surface area (Å²) in [6.07, 6.45) is 5.10. The average molecular weight is 247 g/mol. The van der Waals surface area contributed by atoms with Gasteiger partial charge in [-0.2, -0.15) is 10.2 Å². The van der Waals surface area contributed by atoms with Crippen LogP contribution in [0, 0.1) is 0 Å². The van der Waals surface area contributed by atoms with Crippen molar-refractivity contribution in [1.82, 2.24) is 19.6 Å². The quantitative estimate of drug-likeness (QED) is 0.853. The Bertz CT molecular complexity index is 485. The molecule has 5 heteroatoms. The molecule has 0 aromatic carbocycles. The summed E-state index contributed by atoms with van der Waals surface area (Å²) in [5.74, 6) is 0.904. The van der Waals surface area contributed by atoms with Crippen molar-refractivity contribution in [1.29, 1.82) is 0 Å². The lowest BCUT2D eigenvalue weighted by molar-refractivity contribution is 0.479. The van der Waals surface area contributed by atoms with Gasteiger partial charge in [0.2, 0.25) is 0 Å². The zero-order valence-electron chi connectivity index (χ0n) is 11.3. The molecule has 0 aliphatic heterocycles. The maximum atomic E-state index is 4.49. The fourth-order valence-corrected chi connectivity index (χ4v) is 1.72. The van der Waals surface area contributed by atoms with Crippen LogP contribution in [0.25, 0.3) is 0 Å². The minimum absolute atomic E-state index is 0.444. The minimum Gasteiger partial charge on any atom is -0.363 e. The molecule has 0 fully saturated rings. The van der Waals surface area contributed by atoms with E-state index in [1.807, 2.05) is 33.9 Å². The smallest absolute Gasteiger partial charge is 0.148 e. The molecule has 0 saturated carbocycles. The summed E-state index contributed by atoms with van der Waals surface area (Å²) in [7, 11) is 0. The van der Waals surface area contributed by atoms with Crippen molar-refractivity contribution in [3.8, 4) is 0 Å². The molecule has 0 unspecified atom stereocenters.